The summed E-state index contributed by atoms with van der Waals surface area (Å²) in [5, 5.41) is -0.0537. The molecule has 0 atom stereocenters. The van der Waals surface area contributed by atoms with Crippen LogP contribution in [-0.4, -0.2) is 15.9 Å². The van der Waals surface area contributed by atoms with Gasteiger partial charge in [-0.15, -0.1) is 0 Å². The third kappa shape index (κ3) is 4.09. The molecule has 78 valence electrons. The predicted molar refractivity (Wildman–Crippen MR) is 54.2 cm³/mol. The number of pyridine rings is 1. The zero-order valence-electron chi connectivity index (χ0n) is 7.88. The minimum absolute atomic E-state index is 0.0283. The molecule has 0 fully saturated rings. The lowest BCUT2D eigenvalue weighted by molar-refractivity contribution is -0.109. The van der Waals surface area contributed by atoms with E-state index >= 15 is 0 Å². The third-order valence-corrected chi connectivity index (χ3v) is 2.08. The number of nitrogens with zero attached hydrogens (tertiary/aromatic N) is 1. The maximum absolute atomic E-state index is 12.9. The van der Waals surface area contributed by atoms with Crippen molar-refractivity contribution < 1.29 is 13.6 Å². The molecule has 0 radical (unpaired) electrons. The highest BCUT2D eigenvalue weighted by atomic mass is 32.2. The summed E-state index contributed by atoms with van der Waals surface area (Å²) in [7, 11) is 0. The molecule has 0 aliphatic heterocycles. The van der Waals surface area contributed by atoms with Gasteiger partial charge < -0.3 is 0 Å². The molecule has 0 bridgehead atoms. The summed E-state index contributed by atoms with van der Waals surface area (Å²) in [6.07, 6.45) is 0. The number of hydrogen-bond acceptors (Lipinski definition) is 3. The SMILES string of the molecule is CC(=O)SCC#Cc1ccc(F)nc1F. The lowest BCUT2D eigenvalue weighted by atomic mass is 10.3. The first-order chi connectivity index (χ1) is 7.09. The molecular formula is C10H7F2NOS. The Balaban J connectivity index is 2.67. The Morgan fingerprint density at radius 2 is 2.27 bits per heavy atom. The number of rotatable bonds is 1. The number of aromatic nitrogens is 1. The first kappa shape index (κ1) is 11.7. The van der Waals surface area contributed by atoms with Crippen molar-refractivity contribution in [2.45, 2.75) is 6.92 Å². The van der Waals surface area contributed by atoms with Gasteiger partial charge in [0.05, 0.1) is 11.3 Å². The first-order valence-electron chi connectivity index (χ1n) is 4.04. The molecule has 0 saturated heterocycles. The lowest BCUT2D eigenvalue weighted by Gasteiger charge is -1.92. The van der Waals surface area contributed by atoms with Gasteiger partial charge in [-0.1, -0.05) is 23.6 Å². The molecule has 0 aliphatic carbocycles. The molecular weight excluding hydrogens is 220 g/mol. The molecule has 5 heteroatoms. The summed E-state index contributed by atoms with van der Waals surface area (Å²) in [4.78, 5) is 13.5. The Morgan fingerprint density at radius 3 is 2.87 bits per heavy atom. The number of thioether (sulfide) groups is 1. The first-order valence-corrected chi connectivity index (χ1v) is 5.02. The van der Waals surface area contributed by atoms with E-state index in [0.717, 1.165) is 17.8 Å². The van der Waals surface area contributed by atoms with E-state index in [1.165, 1.54) is 13.0 Å². The van der Waals surface area contributed by atoms with Crippen LogP contribution in [0.3, 0.4) is 0 Å². The molecule has 1 aromatic rings. The Bertz CT molecular complexity index is 437. The third-order valence-electron chi connectivity index (χ3n) is 1.39. The van der Waals surface area contributed by atoms with Gasteiger partial charge in [0.2, 0.25) is 11.9 Å². The van der Waals surface area contributed by atoms with E-state index in [9.17, 15) is 13.6 Å². The van der Waals surface area contributed by atoms with Crippen LogP contribution >= 0.6 is 11.8 Å². The fraction of sp³-hybridized carbons (Fsp3) is 0.200. The second kappa shape index (κ2) is 5.47. The fourth-order valence-electron chi connectivity index (χ4n) is 0.774. The Kier molecular flexibility index (Phi) is 4.25. The van der Waals surface area contributed by atoms with Gasteiger partial charge >= 0.3 is 0 Å². The quantitative estimate of drug-likeness (QED) is 0.543. The number of carbonyl (C=O) groups excluding carboxylic acids is 1. The molecule has 1 aromatic heterocycles. The van der Waals surface area contributed by atoms with E-state index in [4.69, 9.17) is 0 Å². The standard InChI is InChI=1S/C10H7F2NOS/c1-7(14)15-6-2-3-8-4-5-9(11)13-10(8)12/h4-5H,6H2,1H3. The molecule has 0 aromatic carbocycles. The van der Waals surface area contributed by atoms with Crippen LogP contribution in [0.15, 0.2) is 12.1 Å². The Labute approximate surface area is 90.1 Å². The van der Waals surface area contributed by atoms with E-state index in [0.29, 0.717) is 0 Å². The minimum Gasteiger partial charge on any atom is -0.288 e. The molecule has 15 heavy (non-hydrogen) atoms. The van der Waals surface area contributed by atoms with Crippen LogP contribution in [0.1, 0.15) is 12.5 Å². The van der Waals surface area contributed by atoms with Crippen LogP contribution in [0.25, 0.3) is 0 Å². The molecule has 1 rings (SSSR count). The van der Waals surface area contributed by atoms with Crippen molar-refractivity contribution in [2.24, 2.45) is 0 Å². The lowest BCUT2D eigenvalue weighted by Crippen LogP contribution is -1.92. The van der Waals surface area contributed by atoms with Gasteiger partial charge in [-0.25, -0.2) is 0 Å². The molecule has 0 aliphatic rings. The average molecular weight is 227 g/mol. The van der Waals surface area contributed by atoms with Crippen LogP contribution in [0, 0.1) is 23.7 Å². The highest BCUT2D eigenvalue weighted by Crippen LogP contribution is 2.04. The minimum atomic E-state index is -0.935. The summed E-state index contributed by atoms with van der Waals surface area (Å²) in [5.41, 5.74) is 0.0283. The number of hydrogen-bond donors (Lipinski definition) is 0. The highest BCUT2D eigenvalue weighted by Gasteiger charge is 2.01. The largest absolute Gasteiger partial charge is 0.288 e. The van der Waals surface area contributed by atoms with E-state index in [1.807, 2.05) is 0 Å². The second-order valence-electron chi connectivity index (χ2n) is 2.55. The normalized spacial score (nSPS) is 9.27. The van der Waals surface area contributed by atoms with Crippen LogP contribution in [0.5, 0.6) is 0 Å². The smallest absolute Gasteiger partial charge is 0.231 e. The average Bonchev–Trinajstić information content (AvgIpc) is 2.14. The maximum Gasteiger partial charge on any atom is 0.231 e. The maximum atomic E-state index is 12.9. The molecule has 2 nitrogen and oxygen atoms in total. The van der Waals surface area contributed by atoms with Crippen molar-refractivity contribution in [2.75, 3.05) is 5.75 Å². The molecule has 0 unspecified atom stereocenters. The van der Waals surface area contributed by atoms with Crippen molar-refractivity contribution in [1.82, 2.24) is 4.98 Å². The van der Waals surface area contributed by atoms with Crippen LogP contribution < -0.4 is 0 Å². The number of halogens is 2. The van der Waals surface area contributed by atoms with Crippen LogP contribution in [0.2, 0.25) is 0 Å². The predicted octanol–water partition coefficient (Wildman–Crippen LogP) is 1.99. The fourth-order valence-corrected chi connectivity index (χ4v) is 1.12. The van der Waals surface area contributed by atoms with Crippen LogP contribution in [-0.2, 0) is 4.79 Å². The van der Waals surface area contributed by atoms with Gasteiger partial charge in [-0.05, 0) is 12.1 Å². The summed E-state index contributed by atoms with van der Waals surface area (Å²) < 4.78 is 25.3. The molecule has 1 heterocycles. The van der Waals surface area contributed by atoms with Crippen molar-refractivity contribution in [3.8, 4) is 11.8 Å². The van der Waals surface area contributed by atoms with Gasteiger partial charge in [0.1, 0.15) is 0 Å². The van der Waals surface area contributed by atoms with Gasteiger partial charge in [0.15, 0.2) is 5.12 Å². The van der Waals surface area contributed by atoms with Gasteiger partial charge in [-0.3, -0.25) is 4.79 Å². The molecule has 0 N–H and O–H groups in total. The van der Waals surface area contributed by atoms with Gasteiger partial charge in [0.25, 0.3) is 0 Å². The van der Waals surface area contributed by atoms with Gasteiger partial charge in [-0.2, -0.15) is 13.8 Å². The van der Waals surface area contributed by atoms with Gasteiger partial charge in [0, 0.05) is 6.92 Å². The highest BCUT2D eigenvalue weighted by molar-refractivity contribution is 8.13. The monoisotopic (exact) mass is 227 g/mol. The number of carbonyl (C=O) groups is 1. The van der Waals surface area contributed by atoms with E-state index in [1.54, 1.807) is 0 Å². The molecule has 0 amide bonds. The molecule has 0 spiro atoms. The zero-order chi connectivity index (χ0) is 11.3. The van der Waals surface area contributed by atoms with E-state index in [-0.39, 0.29) is 16.4 Å². The van der Waals surface area contributed by atoms with E-state index in [2.05, 4.69) is 16.8 Å². The summed E-state index contributed by atoms with van der Waals surface area (Å²) in [6, 6.07) is 2.24. The van der Waals surface area contributed by atoms with Crippen LogP contribution in [0.4, 0.5) is 8.78 Å². The Hall–Kier alpha value is -1.41. The summed E-state index contributed by atoms with van der Waals surface area (Å²) >= 11 is 1.03. The van der Waals surface area contributed by atoms with Crippen molar-refractivity contribution in [3.63, 3.8) is 0 Å². The van der Waals surface area contributed by atoms with E-state index < -0.39 is 11.9 Å². The Morgan fingerprint density at radius 1 is 1.53 bits per heavy atom. The summed E-state index contributed by atoms with van der Waals surface area (Å²) in [6.45, 7) is 1.42. The van der Waals surface area contributed by atoms with Crippen molar-refractivity contribution >= 4 is 16.9 Å². The molecule has 0 saturated carbocycles. The topological polar surface area (TPSA) is 30.0 Å². The summed E-state index contributed by atoms with van der Waals surface area (Å²) in [5.74, 6) is 3.52. The zero-order valence-corrected chi connectivity index (χ0v) is 8.70. The second-order valence-corrected chi connectivity index (χ2v) is 3.71. The van der Waals surface area contributed by atoms with Crippen molar-refractivity contribution in [1.29, 1.82) is 0 Å². The van der Waals surface area contributed by atoms with Crippen molar-refractivity contribution in [3.05, 3.63) is 29.6 Å².